The van der Waals surface area contributed by atoms with Crippen molar-refractivity contribution < 1.29 is 23.5 Å². The number of H-pyrrole nitrogens is 1. The second-order valence-electron chi connectivity index (χ2n) is 4.97. The first-order valence-corrected chi connectivity index (χ1v) is 8.07. The molecule has 0 aliphatic carbocycles. The van der Waals surface area contributed by atoms with Crippen LogP contribution in [-0.2, 0) is 18.6 Å². The number of aromatic nitrogens is 2. The molecular weight excluding hydrogens is 327 g/mol. The van der Waals surface area contributed by atoms with E-state index in [4.69, 9.17) is 25.3 Å². The SMILES string of the molecule is C#CCO[C@@H]1C[C@H](n2cc(C)c(=O)[nH]c2=O)O[C@@H]1CO[PH](=O)O. The summed E-state index contributed by atoms with van der Waals surface area (Å²) in [5.41, 5.74) is -0.726. The Bertz CT molecular complexity index is 735. The third-order valence-electron chi connectivity index (χ3n) is 3.39. The minimum absolute atomic E-state index is 0.0328. The van der Waals surface area contributed by atoms with Gasteiger partial charge in [-0.3, -0.25) is 18.9 Å². The summed E-state index contributed by atoms with van der Waals surface area (Å²) in [6.45, 7) is 1.43. The average molecular weight is 344 g/mol. The fourth-order valence-electron chi connectivity index (χ4n) is 2.31. The van der Waals surface area contributed by atoms with Crippen molar-refractivity contribution in [3.63, 3.8) is 0 Å². The fraction of sp³-hybridized carbons (Fsp3) is 0.538. The molecule has 0 saturated carbocycles. The highest BCUT2D eigenvalue weighted by Gasteiger charge is 2.38. The van der Waals surface area contributed by atoms with Crippen LogP contribution in [0.5, 0.6) is 0 Å². The Labute approximate surface area is 132 Å². The summed E-state index contributed by atoms with van der Waals surface area (Å²) in [6.07, 6.45) is 4.97. The van der Waals surface area contributed by atoms with Crippen LogP contribution in [0.2, 0.25) is 0 Å². The van der Waals surface area contributed by atoms with Crippen molar-refractivity contribution in [2.45, 2.75) is 31.8 Å². The molecule has 0 spiro atoms. The average Bonchev–Trinajstić information content (AvgIpc) is 2.89. The van der Waals surface area contributed by atoms with Crippen LogP contribution in [0.15, 0.2) is 15.8 Å². The molecule has 1 fully saturated rings. The van der Waals surface area contributed by atoms with Gasteiger partial charge < -0.3 is 18.9 Å². The molecule has 0 aromatic carbocycles. The number of terminal acetylenes is 1. The molecule has 23 heavy (non-hydrogen) atoms. The molecule has 1 aliphatic heterocycles. The molecule has 10 heteroatoms. The summed E-state index contributed by atoms with van der Waals surface area (Å²) in [7, 11) is -3.11. The minimum Gasteiger partial charge on any atom is -0.363 e. The molecule has 4 atom stereocenters. The normalized spacial score (nSPS) is 25.2. The Morgan fingerprint density at radius 2 is 2.35 bits per heavy atom. The predicted octanol–water partition coefficient (Wildman–Crippen LogP) is -0.450. The van der Waals surface area contributed by atoms with Crippen LogP contribution >= 0.6 is 8.25 Å². The zero-order valence-electron chi connectivity index (χ0n) is 12.4. The van der Waals surface area contributed by atoms with E-state index in [-0.39, 0.29) is 19.6 Å². The number of aryl methyl sites for hydroxylation is 1. The van der Waals surface area contributed by atoms with Crippen LogP contribution in [0.1, 0.15) is 18.2 Å². The van der Waals surface area contributed by atoms with Gasteiger partial charge in [0.05, 0.1) is 12.7 Å². The first kappa shape index (κ1) is 17.7. The fourth-order valence-corrected chi connectivity index (χ4v) is 2.61. The second-order valence-corrected chi connectivity index (χ2v) is 5.79. The topological polar surface area (TPSA) is 120 Å². The molecule has 0 radical (unpaired) electrons. The Morgan fingerprint density at radius 1 is 1.61 bits per heavy atom. The van der Waals surface area contributed by atoms with Gasteiger partial charge in [-0.2, -0.15) is 0 Å². The summed E-state index contributed by atoms with van der Waals surface area (Å²) < 4.78 is 27.8. The summed E-state index contributed by atoms with van der Waals surface area (Å²) >= 11 is 0. The van der Waals surface area contributed by atoms with E-state index in [1.165, 1.54) is 10.8 Å². The van der Waals surface area contributed by atoms with Gasteiger partial charge in [0.25, 0.3) is 5.56 Å². The van der Waals surface area contributed by atoms with E-state index < -0.39 is 37.9 Å². The Kier molecular flexibility index (Phi) is 5.93. The van der Waals surface area contributed by atoms with Gasteiger partial charge in [0.1, 0.15) is 18.9 Å². The highest BCUT2D eigenvalue weighted by molar-refractivity contribution is 7.32. The van der Waals surface area contributed by atoms with Crippen LogP contribution in [-0.4, -0.2) is 39.9 Å². The van der Waals surface area contributed by atoms with E-state index in [0.717, 1.165) is 0 Å². The van der Waals surface area contributed by atoms with E-state index in [2.05, 4.69) is 10.9 Å². The molecule has 1 saturated heterocycles. The molecular formula is C13H17N2O7P. The first-order chi connectivity index (χ1) is 10.9. The Balaban J connectivity index is 2.20. The van der Waals surface area contributed by atoms with Crippen LogP contribution in [0.4, 0.5) is 0 Å². The zero-order chi connectivity index (χ0) is 17.0. The number of aromatic amines is 1. The maximum atomic E-state index is 11.9. The molecule has 126 valence electrons. The van der Waals surface area contributed by atoms with E-state index in [1.807, 2.05) is 0 Å². The van der Waals surface area contributed by atoms with Crippen molar-refractivity contribution >= 4 is 8.25 Å². The van der Waals surface area contributed by atoms with Gasteiger partial charge in [-0.15, -0.1) is 6.42 Å². The van der Waals surface area contributed by atoms with Gasteiger partial charge in [-0.1, -0.05) is 5.92 Å². The van der Waals surface area contributed by atoms with Gasteiger partial charge >= 0.3 is 13.9 Å². The number of nitrogens with one attached hydrogen (secondary N) is 1. The van der Waals surface area contributed by atoms with Gasteiger partial charge in [0.15, 0.2) is 0 Å². The first-order valence-electron chi connectivity index (χ1n) is 6.80. The van der Waals surface area contributed by atoms with Crippen molar-refractivity contribution in [1.29, 1.82) is 0 Å². The highest BCUT2D eigenvalue weighted by Crippen LogP contribution is 2.31. The van der Waals surface area contributed by atoms with E-state index in [9.17, 15) is 14.2 Å². The molecule has 9 nitrogen and oxygen atoms in total. The number of ether oxygens (including phenoxy) is 2. The van der Waals surface area contributed by atoms with Gasteiger partial charge in [0.2, 0.25) is 0 Å². The van der Waals surface area contributed by atoms with Crippen molar-refractivity contribution in [3.05, 3.63) is 32.6 Å². The highest BCUT2D eigenvalue weighted by atomic mass is 31.1. The maximum absolute atomic E-state index is 11.9. The van der Waals surface area contributed by atoms with Gasteiger partial charge in [-0.05, 0) is 6.92 Å². The van der Waals surface area contributed by atoms with Crippen molar-refractivity contribution in [2.24, 2.45) is 0 Å². The molecule has 2 heterocycles. The lowest BCUT2D eigenvalue weighted by molar-refractivity contribution is -0.0531. The molecule has 1 aromatic heterocycles. The predicted molar refractivity (Wildman–Crippen MR) is 80.3 cm³/mol. The molecule has 2 N–H and O–H groups in total. The Morgan fingerprint density at radius 3 is 3.00 bits per heavy atom. The quantitative estimate of drug-likeness (QED) is 0.530. The van der Waals surface area contributed by atoms with Crippen molar-refractivity contribution in [2.75, 3.05) is 13.2 Å². The Hall–Kier alpha value is -1.69. The van der Waals surface area contributed by atoms with Crippen LogP contribution in [0, 0.1) is 19.3 Å². The number of hydrogen-bond donors (Lipinski definition) is 2. The van der Waals surface area contributed by atoms with Crippen LogP contribution in [0.25, 0.3) is 0 Å². The summed E-state index contributed by atoms with van der Waals surface area (Å²) in [5.74, 6) is 2.32. The van der Waals surface area contributed by atoms with Crippen LogP contribution in [0.3, 0.4) is 0 Å². The largest absolute Gasteiger partial charge is 0.363 e. The van der Waals surface area contributed by atoms with Gasteiger partial charge in [0, 0.05) is 18.2 Å². The van der Waals surface area contributed by atoms with E-state index >= 15 is 0 Å². The summed E-state index contributed by atoms with van der Waals surface area (Å²) in [4.78, 5) is 34.3. The summed E-state index contributed by atoms with van der Waals surface area (Å²) in [6, 6.07) is 0. The number of rotatable bonds is 6. The lowest BCUT2D eigenvalue weighted by atomic mass is 10.2. The lowest BCUT2D eigenvalue weighted by Gasteiger charge is -2.17. The number of nitrogens with zero attached hydrogens (tertiary/aromatic N) is 1. The van der Waals surface area contributed by atoms with E-state index in [1.54, 1.807) is 6.92 Å². The molecule has 0 amide bonds. The van der Waals surface area contributed by atoms with Gasteiger partial charge in [-0.25, -0.2) is 4.79 Å². The summed E-state index contributed by atoms with van der Waals surface area (Å²) in [5, 5.41) is 0. The smallest absolute Gasteiger partial charge is 0.330 e. The molecule has 1 unspecified atom stereocenters. The van der Waals surface area contributed by atoms with Crippen molar-refractivity contribution in [3.8, 4) is 12.3 Å². The molecule has 1 aromatic rings. The molecule has 2 rings (SSSR count). The minimum atomic E-state index is -3.11. The molecule has 0 bridgehead atoms. The third-order valence-corrected chi connectivity index (χ3v) is 3.80. The van der Waals surface area contributed by atoms with Crippen LogP contribution < -0.4 is 11.2 Å². The zero-order valence-corrected chi connectivity index (χ0v) is 13.4. The standard InChI is InChI=1S/C13H17N2O7P/c1-3-4-20-9-5-11(22-10(9)7-21-23(18)19)15-6-8(2)12(16)14-13(15)17/h1,6,9-11,23H,4-5,7H2,2H3,(H,18,19)(H,14,16,17)/t9-,10-,11-/m1/s1. The molecule has 1 aliphatic rings. The third kappa shape index (κ3) is 4.41. The monoisotopic (exact) mass is 344 g/mol. The second kappa shape index (κ2) is 7.73. The van der Waals surface area contributed by atoms with Crippen molar-refractivity contribution in [1.82, 2.24) is 9.55 Å². The number of hydrogen-bond acceptors (Lipinski definition) is 6. The lowest BCUT2D eigenvalue weighted by Crippen LogP contribution is -2.33. The van der Waals surface area contributed by atoms with E-state index in [0.29, 0.717) is 5.56 Å². The maximum Gasteiger partial charge on any atom is 0.330 e.